The number of rotatable bonds is 4. The molecule has 2 saturated heterocycles. The quantitative estimate of drug-likeness (QED) is 0.720. The lowest BCUT2D eigenvalue weighted by Crippen LogP contribution is -2.48. The van der Waals surface area contributed by atoms with Gasteiger partial charge in [0, 0.05) is 18.7 Å². The number of nitrogens with one attached hydrogen (secondary N) is 1. The fourth-order valence-corrected chi connectivity index (χ4v) is 4.87. The van der Waals surface area contributed by atoms with Gasteiger partial charge in [-0.1, -0.05) is 11.6 Å². The first-order valence-corrected chi connectivity index (χ1v) is 11.0. The van der Waals surface area contributed by atoms with Crippen LogP contribution in [0.4, 0.5) is 20.6 Å². The van der Waals surface area contributed by atoms with Crippen LogP contribution in [0.25, 0.3) is 0 Å². The summed E-state index contributed by atoms with van der Waals surface area (Å²) in [6.07, 6.45) is -1.34. The van der Waals surface area contributed by atoms with E-state index in [9.17, 15) is 18.8 Å². The van der Waals surface area contributed by atoms with Crippen molar-refractivity contribution in [2.75, 3.05) is 42.7 Å². The van der Waals surface area contributed by atoms with Crippen LogP contribution in [0.3, 0.4) is 0 Å². The standard InChI is InChI=1S/C20H17ClFN3O6S/c21-17-2-1-16(32-17)19(27)23-7-15-13-8-30-14-6-11(24-3-4-29-9-18(24)26)10(22)5-12(14)25(13)20(28)31-15/h1-2,5-6,13,15H,3-4,7-9H2,(H,23,27)/t13-,15-/m0/s1. The summed E-state index contributed by atoms with van der Waals surface area (Å²) in [7, 11) is 0. The Morgan fingerprint density at radius 2 is 2.12 bits per heavy atom. The van der Waals surface area contributed by atoms with E-state index in [1.54, 1.807) is 12.1 Å². The van der Waals surface area contributed by atoms with E-state index in [1.807, 2.05) is 0 Å². The first-order chi connectivity index (χ1) is 15.4. The summed E-state index contributed by atoms with van der Waals surface area (Å²) in [4.78, 5) is 40.0. The highest BCUT2D eigenvalue weighted by atomic mass is 35.5. The molecule has 3 aliphatic rings. The average molecular weight is 482 g/mol. The Kier molecular flexibility index (Phi) is 5.39. The highest BCUT2D eigenvalue weighted by Crippen LogP contribution is 2.42. The van der Waals surface area contributed by atoms with E-state index in [4.69, 9.17) is 25.8 Å². The molecule has 1 aromatic heterocycles. The minimum absolute atomic E-state index is 0.0583. The number of halogens is 2. The zero-order chi connectivity index (χ0) is 22.4. The molecular formula is C20H17ClFN3O6S. The molecule has 0 radical (unpaired) electrons. The fourth-order valence-electron chi connectivity index (χ4n) is 3.91. The zero-order valence-electron chi connectivity index (χ0n) is 16.5. The minimum Gasteiger partial charge on any atom is -0.489 e. The molecule has 4 heterocycles. The Labute approximate surface area is 190 Å². The third kappa shape index (κ3) is 3.65. The van der Waals surface area contributed by atoms with E-state index < -0.39 is 24.1 Å². The molecule has 0 aliphatic carbocycles. The van der Waals surface area contributed by atoms with Gasteiger partial charge in [0.2, 0.25) is 0 Å². The van der Waals surface area contributed by atoms with Crippen LogP contribution in [-0.4, -0.2) is 63.0 Å². The highest BCUT2D eigenvalue weighted by Gasteiger charge is 2.47. The van der Waals surface area contributed by atoms with Gasteiger partial charge in [-0.2, -0.15) is 0 Å². The summed E-state index contributed by atoms with van der Waals surface area (Å²) in [6, 6.07) is 5.26. The predicted octanol–water partition coefficient (Wildman–Crippen LogP) is 2.42. The predicted molar refractivity (Wildman–Crippen MR) is 113 cm³/mol. The van der Waals surface area contributed by atoms with Gasteiger partial charge in [-0.3, -0.25) is 14.5 Å². The van der Waals surface area contributed by atoms with Gasteiger partial charge in [-0.15, -0.1) is 11.3 Å². The molecule has 2 aromatic rings. The first-order valence-electron chi connectivity index (χ1n) is 9.80. The van der Waals surface area contributed by atoms with Crippen molar-refractivity contribution in [1.82, 2.24) is 5.32 Å². The van der Waals surface area contributed by atoms with Crippen molar-refractivity contribution in [3.63, 3.8) is 0 Å². The van der Waals surface area contributed by atoms with Gasteiger partial charge in [0.15, 0.2) is 0 Å². The van der Waals surface area contributed by atoms with Gasteiger partial charge >= 0.3 is 6.09 Å². The fraction of sp³-hybridized carbons (Fsp3) is 0.350. The van der Waals surface area contributed by atoms with Crippen molar-refractivity contribution in [2.45, 2.75) is 12.1 Å². The zero-order valence-corrected chi connectivity index (χ0v) is 18.1. The normalized spacial score (nSPS) is 22.2. The molecule has 3 amide bonds. The number of anilines is 2. The second-order valence-electron chi connectivity index (χ2n) is 7.35. The maximum Gasteiger partial charge on any atom is 0.415 e. The molecule has 2 fully saturated rings. The summed E-state index contributed by atoms with van der Waals surface area (Å²) < 4.78 is 31.7. The molecule has 32 heavy (non-hydrogen) atoms. The molecule has 2 atom stereocenters. The summed E-state index contributed by atoms with van der Waals surface area (Å²) in [5.74, 6) is -1.08. The molecule has 3 aliphatic heterocycles. The molecule has 0 spiro atoms. The number of cyclic esters (lactones) is 1. The molecule has 12 heteroatoms. The molecule has 1 aromatic carbocycles. The molecule has 1 N–H and O–H groups in total. The Hall–Kier alpha value is -2.89. The van der Waals surface area contributed by atoms with Crippen molar-refractivity contribution in [3.8, 4) is 5.75 Å². The van der Waals surface area contributed by atoms with Gasteiger partial charge in [0.1, 0.15) is 36.9 Å². The summed E-state index contributed by atoms with van der Waals surface area (Å²) >= 11 is 7.00. The molecule has 0 unspecified atom stereocenters. The summed E-state index contributed by atoms with van der Waals surface area (Å²) in [6.45, 7) is 0.549. The van der Waals surface area contributed by atoms with Gasteiger partial charge in [0.05, 0.1) is 33.7 Å². The van der Waals surface area contributed by atoms with Gasteiger partial charge in [-0.25, -0.2) is 9.18 Å². The second kappa shape index (κ2) is 8.23. The van der Waals surface area contributed by atoms with Gasteiger partial charge < -0.3 is 24.4 Å². The number of ether oxygens (including phenoxy) is 3. The minimum atomic E-state index is -0.682. The number of thiophene rings is 1. The van der Waals surface area contributed by atoms with Gasteiger partial charge in [-0.05, 0) is 12.1 Å². The monoisotopic (exact) mass is 481 g/mol. The maximum absolute atomic E-state index is 14.9. The highest BCUT2D eigenvalue weighted by molar-refractivity contribution is 7.18. The van der Waals surface area contributed by atoms with Crippen molar-refractivity contribution < 1.29 is 33.0 Å². The van der Waals surface area contributed by atoms with Crippen molar-refractivity contribution >= 4 is 52.2 Å². The Balaban J connectivity index is 1.34. The van der Waals surface area contributed by atoms with E-state index in [-0.39, 0.29) is 55.2 Å². The number of amides is 3. The number of morpholine rings is 1. The van der Waals surface area contributed by atoms with Crippen LogP contribution in [-0.2, 0) is 14.3 Å². The maximum atomic E-state index is 14.9. The average Bonchev–Trinajstić information content (AvgIpc) is 3.35. The van der Waals surface area contributed by atoms with Crippen molar-refractivity contribution in [1.29, 1.82) is 0 Å². The lowest BCUT2D eigenvalue weighted by molar-refractivity contribution is -0.125. The van der Waals surface area contributed by atoms with Crippen LogP contribution in [0.5, 0.6) is 5.75 Å². The van der Waals surface area contributed by atoms with Crippen molar-refractivity contribution in [2.24, 2.45) is 0 Å². The number of hydrogen-bond donors (Lipinski definition) is 1. The SMILES string of the molecule is O=C(NC[C@@H]1OC(=O)N2c3cc(F)c(N4CCOCC4=O)cc3OC[C@@H]12)c1ccc(Cl)s1. The largest absolute Gasteiger partial charge is 0.489 e. The molecule has 5 rings (SSSR count). The van der Waals surface area contributed by atoms with E-state index in [2.05, 4.69) is 5.32 Å². The molecule has 0 bridgehead atoms. The van der Waals surface area contributed by atoms with Crippen molar-refractivity contribution in [3.05, 3.63) is 39.3 Å². The molecule has 168 valence electrons. The number of benzene rings is 1. The number of hydrogen-bond acceptors (Lipinski definition) is 7. The lowest BCUT2D eigenvalue weighted by Gasteiger charge is -2.33. The number of nitrogens with zero attached hydrogens (tertiary/aromatic N) is 2. The van der Waals surface area contributed by atoms with Crippen LogP contribution in [0.1, 0.15) is 9.67 Å². The van der Waals surface area contributed by atoms with Crippen LogP contribution in [0.15, 0.2) is 24.3 Å². The van der Waals surface area contributed by atoms with Gasteiger partial charge in [0.25, 0.3) is 11.8 Å². The van der Waals surface area contributed by atoms with Crippen LogP contribution >= 0.6 is 22.9 Å². The van der Waals surface area contributed by atoms with Crippen LogP contribution in [0, 0.1) is 5.82 Å². The second-order valence-corrected chi connectivity index (χ2v) is 9.07. The molecular weight excluding hydrogens is 465 g/mol. The number of carbonyl (C=O) groups excluding carboxylic acids is 3. The van der Waals surface area contributed by atoms with Crippen LogP contribution in [0.2, 0.25) is 4.34 Å². The third-order valence-electron chi connectivity index (χ3n) is 5.44. The molecule has 0 saturated carbocycles. The summed E-state index contributed by atoms with van der Waals surface area (Å²) in [5.41, 5.74) is 0.286. The number of carbonyl (C=O) groups is 3. The lowest BCUT2D eigenvalue weighted by atomic mass is 10.1. The van der Waals surface area contributed by atoms with E-state index in [0.29, 0.717) is 15.8 Å². The van der Waals surface area contributed by atoms with E-state index >= 15 is 0 Å². The third-order valence-corrected chi connectivity index (χ3v) is 6.67. The first kappa shape index (κ1) is 21.0. The Morgan fingerprint density at radius 1 is 1.28 bits per heavy atom. The Bertz CT molecular complexity index is 1110. The topological polar surface area (TPSA) is 97.4 Å². The number of fused-ring (bicyclic) bond motifs is 3. The Morgan fingerprint density at radius 3 is 2.88 bits per heavy atom. The van der Waals surface area contributed by atoms with Crippen LogP contribution < -0.4 is 19.9 Å². The van der Waals surface area contributed by atoms with E-state index in [1.165, 1.54) is 15.9 Å². The smallest absolute Gasteiger partial charge is 0.415 e. The summed E-state index contributed by atoms with van der Waals surface area (Å²) in [5, 5.41) is 2.72. The molecule has 9 nitrogen and oxygen atoms in total. The van der Waals surface area contributed by atoms with E-state index in [0.717, 1.165) is 17.4 Å².